The van der Waals surface area contributed by atoms with E-state index in [9.17, 15) is 4.79 Å². The normalized spacial score (nSPS) is 10.8. The average Bonchev–Trinajstić information content (AvgIpc) is 2.69. The molecule has 0 unspecified atom stereocenters. The van der Waals surface area contributed by atoms with Crippen molar-refractivity contribution in [3.8, 4) is 0 Å². The topological polar surface area (TPSA) is 60.9 Å². The minimum Gasteiger partial charge on any atom is -0.398 e. The second kappa shape index (κ2) is 5.97. The molecule has 0 fully saturated rings. The van der Waals surface area contributed by atoms with Gasteiger partial charge in [-0.1, -0.05) is 11.6 Å². The molecule has 0 aliphatic rings. The summed E-state index contributed by atoms with van der Waals surface area (Å²) in [5, 5.41) is 4.87. The number of Topliss-reactive ketones (excluding diaryl/α,β-unsaturated/α-hetero) is 1. The van der Waals surface area contributed by atoms with Gasteiger partial charge in [-0.05, 0) is 48.0 Å². The molecule has 0 amide bonds. The van der Waals surface area contributed by atoms with Crippen LogP contribution in [0.2, 0.25) is 5.02 Å². The van der Waals surface area contributed by atoms with Gasteiger partial charge in [0.15, 0.2) is 5.78 Å². The summed E-state index contributed by atoms with van der Waals surface area (Å²) in [4.78, 5) is 12.3. The van der Waals surface area contributed by atoms with Crippen molar-refractivity contribution >= 4 is 39.0 Å². The number of anilines is 1. The first kappa shape index (κ1) is 15.1. The maximum atomic E-state index is 12.3. The summed E-state index contributed by atoms with van der Waals surface area (Å²) in [7, 11) is 0. The number of carbonyl (C=O) groups is 1. The highest BCUT2D eigenvalue weighted by Crippen LogP contribution is 2.24. The number of ketones is 1. The number of nitrogens with zero attached hydrogens (tertiary/aromatic N) is 2. The third-order valence-corrected chi connectivity index (χ3v) is 4.28. The Morgan fingerprint density at radius 3 is 2.80 bits per heavy atom. The Labute approximate surface area is 131 Å². The first-order chi connectivity index (χ1) is 9.43. The molecule has 0 aliphatic heterocycles. The smallest absolute Gasteiger partial charge is 0.168 e. The van der Waals surface area contributed by atoms with Crippen molar-refractivity contribution in [3.05, 3.63) is 44.6 Å². The van der Waals surface area contributed by atoms with Crippen LogP contribution in [0.25, 0.3) is 0 Å². The number of benzene rings is 1. The van der Waals surface area contributed by atoms with Gasteiger partial charge < -0.3 is 5.73 Å². The van der Waals surface area contributed by atoms with E-state index in [1.54, 1.807) is 22.9 Å². The van der Waals surface area contributed by atoms with Gasteiger partial charge in [0.2, 0.25) is 0 Å². The second-order valence-corrected chi connectivity index (χ2v) is 5.73. The first-order valence-corrected chi connectivity index (χ1v) is 7.41. The zero-order valence-corrected chi connectivity index (χ0v) is 13.6. The highest BCUT2D eigenvalue weighted by molar-refractivity contribution is 9.10. The SMILES string of the molecule is CCn1nc(C)c(Cl)c1CC(=O)c1ccc(N)c(Br)c1. The van der Waals surface area contributed by atoms with Crippen LogP contribution in [-0.4, -0.2) is 15.6 Å². The molecule has 1 aromatic carbocycles. The van der Waals surface area contributed by atoms with Gasteiger partial charge >= 0.3 is 0 Å². The summed E-state index contributed by atoms with van der Waals surface area (Å²) in [5.41, 5.74) is 8.43. The van der Waals surface area contributed by atoms with Gasteiger partial charge in [-0.15, -0.1) is 0 Å². The number of hydrogen-bond donors (Lipinski definition) is 1. The zero-order valence-electron chi connectivity index (χ0n) is 11.3. The Balaban J connectivity index is 2.30. The molecule has 0 saturated carbocycles. The summed E-state index contributed by atoms with van der Waals surface area (Å²) >= 11 is 9.54. The summed E-state index contributed by atoms with van der Waals surface area (Å²) in [5.74, 6) is -0.0119. The Morgan fingerprint density at radius 1 is 1.50 bits per heavy atom. The predicted molar refractivity (Wildman–Crippen MR) is 84.2 cm³/mol. The molecule has 0 aliphatic carbocycles. The van der Waals surface area contributed by atoms with Gasteiger partial charge in [0.05, 0.1) is 22.8 Å². The molecular formula is C14H15BrClN3O. The minimum absolute atomic E-state index is 0.0119. The molecule has 2 rings (SSSR count). The van der Waals surface area contributed by atoms with Crippen LogP contribution in [0.3, 0.4) is 0 Å². The van der Waals surface area contributed by atoms with E-state index in [1.165, 1.54) is 0 Å². The molecule has 0 saturated heterocycles. The third-order valence-electron chi connectivity index (χ3n) is 3.10. The lowest BCUT2D eigenvalue weighted by Gasteiger charge is -2.06. The lowest BCUT2D eigenvalue weighted by molar-refractivity contribution is 0.0990. The molecule has 0 bridgehead atoms. The largest absolute Gasteiger partial charge is 0.398 e. The number of nitrogen functional groups attached to an aromatic ring is 1. The number of halogens is 2. The molecular weight excluding hydrogens is 342 g/mol. The van der Waals surface area contributed by atoms with Crippen LogP contribution in [0.4, 0.5) is 5.69 Å². The fourth-order valence-electron chi connectivity index (χ4n) is 1.99. The van der Waals surface area contributed by atoms with Crippen LogP contribution < -0.4 is 5.73 Å². The number of rotatable bonds is 4. The summed E-state index contributed by atoms with van der Waals surface area (Å²) < 4.78 is 2.48. The minimum atomic E-state index is -0.0119. The van der Waals surface area contributed by atoms with Crippen molar-refractivity contribution in [3.63, 3.8) is 0 Å². The van der Waals surface area contributed by atoms with E-state index in [0.29, 0.717) is 22.8 Å². The van der Waals surface area contributed by atoms with Crippen LogP contribution in [0.1, 0.15) is 28.7 Å². The number of hydrogen-bond acceptors (Lipinski definition) is 3. The van der Waals surface area contributed by atoms with E-state index in [2.05, 4.69) is 21.0 Å². The maximum Gasteiger partial charge on any atom is 0.168 e. The van der Waals surface area contributed by atoms with E-state index < -0.39 is 0 Å². The monoisotopic (exact) mass is 355 g/mol. The van der Waals surface area contributed by atoms with Gasteiger partial charge in [-0.3, -0.25) is 9.48 Å². The van der Waals surface area contributed by atoms with E-state index in [4.69, 9.17) is 17.3 Å². The van der Waals surface area contributed by atoms with E-state index >= 15 is 0 Å². The Bertz CT molecular complexity index is 667. The van der Waals surface area contributed by atoms with Gasteiger partial charge in [-0.2, -0.15) is 5.10 Å². The van der Waals surface area contributed by atoms with Crippen LogP contribution in [-0.2, 0) is 13.0 Å². The van der Waals surface area contributed by atoms with E-state index in [1.807, 2.05) is 13.8 Å². The molecule has 20 heavy (non-hydrogen) atoms. The van der Waals surface area contributed by atoms with Crippen molar-refractivity contribution in [2.24, 2.45) is 0 Å². The van der Waals surface area contributed by atoms with Gasteiger partial charge in [-0.25, -0.2) is 0 Å². The van der Waals surface area contributed by atoms with Crippen molar-refractivity contribution in [2.45, 2.75) is 26.8 Å². The van der Waals surface area contributed by atoms with Crippen LogP contribution in [0.5, 0.6) is 0 Å². The summed E-state index contributed by atoms with van der Waals surface area (Å²) in [6.45, 7) is 4.49. The van der Waals surface area contributed by atoms with Crippen molar-refractivity contribution in [1.82, 2.24) is 9.78 Å². The highest BCUT2D eigenvalue weighted by atomic mass is 79.9. The summed E-state index contributed by atoms with van der Waals surface area (Å²) in [6, 6.07) is 5.15. The molecule has 106 valence electrons. The average molecular weight is 357 g/mol. The Morgan fingerprint density at radius 2 is 2.20 bits per heavy atom. The predicted octanol–water partition coefficient (Wildman–Crippen LogP) is 3.63. The lowest BCUT2D eigenvalue weighted by Crippen LogP contribution is -2.10. The molecule has 6 heteroatoms. The summed E-state index contributed by atoms with van der Waals surface area (Å²) in [6.07, 6.45) is 0.226. The molecule has 2 N–H and O–H groups in total. The number of aromatic nitrogens is 2. The molecule has 1 heterocycles. The second-order valence-electron chi connectivity index (χ2n) is 4.50. The van der Waals surface area contributed by atoms with Crippen molar-refractivity contribution < 1.29 is 4.79 Å². The van der Waals surface area contributed by atoms with Crippen molar-refractivity contribution in [2.75, 3.05) is 5.73 Å². The van der Waals surface area contributed by atoms with Gasteiger partial charge in [0.25, 0.3) is 0 Å². The molecule has 0 spiro atoms. The standard InChI is InChI=1S/C14H15BrClN3O/c1-3-19-12(14(16)8(2)18-19)7-13(20)9-4-5-11(17)10(15)6-9/h4-6H,3,7,17H2,1-2H3. The van der Waals surface area contributed by atoms with Crippen molar-refractivity contribution in [1.29, 1.82) is 0 Å². The highest BCUT2D eigenvalue weighted by Gasteiger charge is 2.17. The number of aryl methyl sites for hydroxylation is 2. The number of nitrogens with two attached hydrogens (primary N) is 1. The molecule has 0 radical (unpaired) electrons. The van der Waals surface area contributed by atoms with Crippen LogP contribution in [0.15, 0.2) is 22.7 Å². The van der Waals surface area contributed by atoms with Crippen LogP contribution in [0, 0.1) is 6.92 Å². The van der Waals surface area contributed by atoms with E-state index in [-0.39, 0.29) is 12.2 Å². The van der Waals surface area contributed by atoms with E-state index in [0.717, 1.165) is 15.9 Å². The molecule has 2 aromatic rings. The molecule has 4 nitrogen and oxygen atoms in total. The number of carbonyl (C=O) groups excluding carboxylic acids is 1. The first-order valence-electron chi connectivity index (χ1n) is 6.24. The molecule has 1 aromatic heterocycles. The van der Waals surface area contributed by atoms with Gasteiger partial charge in [0, 0.05) is 22.3 Å². The van der Waals surface area contributed by atoms with Crippen LogP contribution >= 0.6 is 27.5 Å². The fourth-order valence-corrected chi connectivity index (χ4v) is 2.57. The fraction of sp³-hybridized carbons (Fsp3) is 0.286. The maximum absolute atomic E-state index is 12.3. The quantitative estimate of drug-likeness (QED) is 0.672. The Kier molecular flexibility index (Phi) is 4.50. The molecule has 0 atom stereocenters. The lowest BCUT2D eigenvalue weighted by atomic mass is 10.1. The zero-order chi connectivity index (χ0) is 14.9. The van der Waals surface area contributed by atoms with Gasteiger partial charge in [0.1, 0.15) is 0 Å². The Hall–Kier alpha value is -1.33. The third kappa shape index (κ3) is 2.88.